The third-order valence-electron chi connectivity index (χ3n) is 14.9. The summed E-state index contributed by atoms with van der Waals surface area (Å²) >= 11 is 8.58. The quantitative estimate of drug-likeness (QED) is 0.00851. The number of carboxylic acid groups (broad SMARTS) is 2. The zero-order chi connectivity index (χ0) is 68.3. The predicted molar refractivity (Wildman–Crippen MR) is 347 cm³/mol. The SMILES string of the molecule is C[C@@H](O)[C@H](NC(=O)[C@H](CCCCN)NC(=O)[C@@H](Cc1c[nH]c2ccccc12)NC(=O)[C@H](Cc1ccc(O)cc1)NC(=O)[C@H](CS)NC(=O)[C@@H](Cc1ccccc1)N(CCN(CC(=O)O)CC(=O)O)C(=O)c1ccc(NN)nc1)C(=O)N[C@@H](CS)C(=O)N[C@H](CO)[C@@H](C)O.[99Tc]. The number of hydrazine groups is 1. The van der Waals surface area contributed by atoms with Crippen molar-refractivity contribution in [3.05, 3.63) is 126 Å². The molecular weight excluding hydrogens is 1350 g/mol. The molecule has 1 radical (unpaired) electrons. The number of benzene rings is 3. The second-order valence-electron chi connectivity index (χ2n) is 21.9. The van der Waals surface area contributed by atoms with Gasteiger partial charge in [0.05, 0.1) is 43.5 Å². The molecule has 2 heterocycles. The largest absolute Gasteiger partial charge is 0.508 e. The number of aliphatic hydroxyl groups is 3. The topological polar surface area (TPSA) is 476 Å². The Labute approximate surface area is 566 Å². The Morgan fingerprint density at radius 3 is 1.70 bits per heavy atom. The molecule has 10 atom stereocenters. The van der Waals surface area contributed by atoms with Crippen LogP contribution in [0, 0.1) is 0 Å². The van der Waals surface area contributed by atoms with Crippen LogP contribution in [0.25, 0.3) is 10.9 Å². The van der Waals surface area contributed by atoms with Crippen LogP contribution >= 0.6 is 25.3 Å². The van der Waals surface area contributed by atoms with Crippen LogP contribution in [0.2, 0.25) is 0 Å². The van der Waals surface area contributed by atoms with E-state index >= 15 is 4.79 Å². The number of phenolic OH excluding ortho intramolecular Hbond substituents is 1. The minimum absolute atomic E-state index is 0. The number of H-pyrrole nitrogens is 1. The van der Waals surface area contributed by atoms with E-state index in [1.165, 1.54) is 56.4 Å². The van der Waals surface area contributed by atoms with Gasteiger partial charge in [-0.25, -0.2) is 10.8 Å². The standard InChI is InChI=1S/C61H82N14O16S2.Tc/c1-34(77)46(31-76)69-58(88)48(33-93)71-60(90)53(35(2)78)72-54(84)43(14-8-9-21-62)66-56(86)45(26-39-28-64-42-13-7-6-12-41(39)42)68-55(85)44(24-37-15-18-40(79)19-16-37)67-57(87)47(32-92)70-59(89)49(25-36-10-4-3-5-11-36)75(23-22-74(29-51(80)81)30-52(82)83)61(91)38-17-20-50(73-63)65-27-38;/h3-7,10-13,15-20,27-28,34-35,43-49,53,64,76-79,92-93H,8-9,14,21-26,29-33,62-63H2,1-2H3,(H,65,73)(H,66,86)(H,67,87)(H,68,85)(H,69,88)(H,70,89)(H,71,90)(H,72,84)(H,80,81)(H,82,83);/t34-,35-,43+,44+,45-,46-,47+,48+,49-,53+;/m1./s1/i;1+1. The number of nitrogens with zero attached hydrogens (tertiary/aromatic N) is 3. The number of hydrogen-bond acceptors (Lipinski definition) is 21. The molecule has 8 amide bonds. The molecule has 0 saturated carbocycles. The number of aliphatic carboxylic acids is 2. The summed E-state index contributed by atoms with van der Waals surface area (Å²) in [5, 5.41) is 78.7. The number of nitrogens with two attached hydrogens (primary N) is 2. The molecular formula is C61H82N14O16S2Tc. The number of unbranched alkanes of at least 4 members (excludes halogenated alkanes) is 1. The second kappa shape index (κ2) is 39.5. The smallest absolute Gasteiger partial charge is 0.317 e. The third kappa shape index (κ3) is 24.3. The van der Waals surface area contributed by atoms with E-state index in [0.29, 0.717) is 34.0 Å². The number of anilines is 1. The normalized spacial score (nSPS) is 14.3. The van der Waals surface area contributed by atoms with Crippen LogP contribution in [0.5, 0.6) is 5.75 Å². The minimum atomic E-state index is -1.73. The summed E-state index contributed by atoms with van der Waals surface area (Å²) in [6.07, 6.45) is -0.196. The van der Waals surface area contributed by atoms with Crippen LogP contribution < -0.4 is 54.2 Å². The van der Waals surface area contributed by atoms with Gasteiger partial charge < -0.3 is 88.9 Å². The van der Waals surface area contributed by atoms with Gasteiger partial charge in [0.1, 0.15) is 53.9 Å². The van der Waals surface area contributed by atoms with Crippen LogP contribution in [-0.2, 0) is 82.5 Å². The Bertz CT molecular complexity index is 3300. The summed E-state index contributed by atoms with van der Waals surface area (Å²) in [7, 11) is 0. The summed E-state index contributed by atoms with van der Waals surface area (Å²) < 4.78 is 0. The molecule has 0 aliphatic rings. The number of phenols is 1. The van der Waals surface area contributed by atoms with Crippen molar-refractivity contribution >= 4 is 101 Å². The van der Waals surface area contributed by atoms with Crippen molar-refractivity contribution in [2.75, 3.05) is 56.3 Å². The number of pyridine rings is 1. The number of amides is 8. The van der Waals surface area contributed by atoms with Gasteiger partial charge >= 0.3 is 11.9 Å². The maximum Gasteiger partial charge on any atom is 0.317 e. The molecule has 0 unspecified atom stereocenters. The first-order valence-electron chi connectivity index (χ1n) is 29.7. The molecule has 0 aliphatic heterocycles. The maximum atomic E-state index is 15.1. The van der Waals surface area contributed by atoms with E-state index in [2.05, 4.69) is 77.9 Å². The number of rotatable bonds is 39. The number of aromatic amines is 1. The van der Waals surface area contributed by atoms with Gasteiger partial charge in [0.2, 0.25) is 41.4 Å². The summed E-state index contributed by atoms with van der Waals surface area (Å²) in [5.41, 5.74) is 10.2. The molecule has 0 aliphatic carbocycles. The number of aromatic hydroxyl groups is 1. The number of carbonyl (C=O) groups is 10. The summed E-state index contributed by atoms with van der Waals surface area (Å²) in [5.74, 6) is -5.36. The van der Waals surface area contributed by atoms with E-state index in [1.807, 2.05) is 0 Å². The fraction of sp³-hybridized carbons (Fsp3) is 0.426. The number of aliphatic hydroxyl groups excluding tert-OH is 3. The van der Waals surface area contributed by atoms with Gasteiger partial charge in [-0.1, -0.05) is 60.7 Å². The Morgan fingerprint density at radius 2 is 1.15 bits per heavy atom. The molecule has 0 saturated heterocycles. The summed E-state index contributed by atoms with van der Waals surface area (Å²) in [4.78, 5) is 149. The zero-order valence-electron chi connectivity index (χ0n) is 51.5. The zero-order valence-corrected chi connectivity index (χ0v) is 55.2. The van der Waals surface area contributed by atoms with Gasteiger partial charge in [-0.2, -0.15) is 25.3 Å². The van der Waals surface area contributed by atoms with Crippen molar-refractivity contribution < 1.29 is 98.7 Å². The van der Waals surface area contributed by atoms with Gasteiger partial charge in [-0.15, -0.1) is 0 Å². The Hall–Kier alpha value is -8.24. The minimum Gasteiger partial charge on any atom is -0.508 e. The van der Waals surface area contributed by atoms with Crippen molar-refractivity contribution in [2.45, 2.75) is 113 Å². The molecule has 30 nitrogen and oxygen atoms in total. The van der Waals surface area contributed by atoms with Crippen LogP contribution in [-0.4, -0.2) is 221 Å². The van der Waals surface area contributed by atoms with Crippen molar-refractivity contribution in [1.82, 2.24) is 57.0 Å². The Balaban J connectivity index is 0.0000188. The molecule has 2 aromatic heterocycles. The number of carbonyl (C=O) groups excluding carboxylic acids is 8. The van der Waals surface area contributed by atoms with Crippen LogP contribution in [0.15, 0.2) is 103 Å². The van der Waals surface area contributed by atoms with Crippen LogP contribution in [0.4, 0.5) is 5.82 Å². The van der Waals surface area contributed by atoms with Gasteiger partial charge in [0.25, 0.3) is 5.91 Å². The molecule has 511 valence electrons. The molecule has 94 heavy (non-hydrogen) atoms. The van der Waals surface area contributed by atoms with E-state index in [0.717, 1.165) is 9.80 Å². The summed E-state index contributed by atoms with van der Waals surface area (Å²) in [6.45, 7) is -0.229. The number of fused-ring (bicyclic) bond motifs is 1. The predicted octanol–water partition coefficient (Wildman–Crippen LogP) is -2.30. The van der Waals surface area contributed by atoms with Crippen molar-refractivity contribution in [3.8, 4) is 5.75 Å². The number of para-hydroxylation sites is 1. The molecule has 0 spiro atoms. The molecule has 33 heteroatoms. The maximum absolute atomic E-state index is 15.1. The van der Waals surface area contributed by atoms with Crippen molar-refractivity contribution in [2.24, 2.45) is 11.6 Å². The van der Waals surface area contributed by atoms with Crippen molar-refractivity contribution in [1.29, 1.82) is 0 Å². The number of carboxylic acids is 2. The molecule has 5 rings (SSSR count). The first kappa shape index (κ1) is 78.2. The fourth-order valence-corrected chi connectivity index (χ4v) is 10.3. The van der Waals surface area contributed by atoms with E-state index in [-0.39, 0.29) is 88.2 Å². The van der Waals surface area contributed by atoms with E-state index < -0.39 is 152 Å². The first-order chi connectivity index (χ1) is 44.4. The van der Waals surface area contributed by atoms with Gasteiger partial charge in [0.15, 0.2) is 0 Å². The Kier molecular flexibility index (Phi) is 32.8. The number of nitrogen functional groups attached to an aromatic ring is 1. The third-order valence-corrected chi connectivity index (χ3v) is 15.6. The van der Waals surface area contributed by atoms with E-state index in [4.69, 9.17) is 11.6 Å². The number of aromatic nitrogens is 2. The number of hydrogen-bond donors (Lipinski definition) is 19. The van der Waals surface area contributed by atoms with Crippen molar-refractivity contribution in [3.63, 3.8) is 0 Å². The van der Waals surface area contributed by atoms with Gasteiger partial charge in [-0.3, -0.25) is 52.8 Å². The second-order valence-corrected chi connectivity index (χ2v) is 22.7. The van der Waals surface area contributed by atoms with Crippen LogP contribution in [0.3, 0.4) is 0 Å². The average molecular weight is 1430 g/mol. The average Bonchev–Trinajstić information content (AvgIpc) is 1.34. The molecule has 0 fully saturated rings. The molecule has 3 aromatic carbocycles. The molecule has 19 N–H and O–H groups in total. The Morgan fingerprint density at radius 1 is 0.606 bits per heavy atom. The monoisotopic (exact) mass is 1430 g/mol. The molecule has 5 aromatic rings. The first-order valence-corrected chi connectivity index (χ1v) is 30.9. The van der Waals surface area contributed by atoms with Gasteiger partial charge in [-0.05, 0) is 86.7 Å². The van der Waals surface area contributed by atoms with Crippen LogP contribution in [0.1, 0.15) is 60.2 Å². The fourth-order valence-electron chi connectivity index (χ4n) is 9.76. The summed E-state index contributed by atoms with van der Waals surface area (Å²) in [6, 6.07) is 11.9. The van der Waals surface area contributed by atoms with E-state index in [9.17, 15) is 73.8 Å². The number of nitrogens with one attached hydrogen (secondary N) is 9. The van der Waals surface area contributed by atoms with Gasteiger partial charge in [0, 0.05) is 87.3 Å². The van der Waals surface area contributed by atoms with E-state index in [1.54, 1.807) is 60.8 Å². The number of thiol groups is 2. The molecule has 0 bridgehead atoms.